The van der Waals surface area contributed by atoms with Crippen molar-refractivity contribution in [2.75, 3.05) is 26.4 Å². The van der Waals surface area contributed by atoms with E-state index in [1.54, 1.807) is 5.57 Å². The van der Waals surface area contributed by atoms with Gasteiger partial charge >= 0.3 is 11.9 Å². The maximum atomic E-state index is 12.2. The summed E-state index contributed by atoms with van der Waals surface area (Å²) in [6, 6.07) is 0. The largest absolute Gasteiger partial charge is 0.462 e. The molecule has 9 atom stereocenters. The van der Waals surface area contributed by atoms with Crippen LogP contribution in [0.25, 0.3) is 0 Å². The van der Waals surface area contributed by atoms with E-state index in [1.807, 2.05) is 0 Å². The SMILES string of the molecule is C=C(CO)C(=O)OCC(CC[C@H]1CC[C@@]2(C)C(=CC[C@@H]3[C@@H]2CC[C@]2(C)C([C@H](C)/C=C/[C@H](C)C(C)C)CC[C@@H]32)C1)COC(=O)C(=C)CO. The molecule has 3 fully saturated rings. The van der Waals surface area contributed by atoms with Crippen molar-refractivity contribution in [2.24, 2.45) is 64.1 Å². The number of hydrogen-bond donors (Lipinski definition) is 2. The molecule has 4 aliphatic rings. The highest BCUT2D eigenvalue weighted by Crippen LogP contribution is 2.67. The van der Waals surface area contributed by atoms with Crippen LogP contribution < -0.4 is 0 Å². The maximum absolute atomic E-state index is 12.2. The van der Waals surface area contributed by atoms with Gasteiger partial charge in [0.1, 0.15) is 0 Å². The lowest BCUT2D eigenvalue weighted by Gasteiger charge is -2.58. The molecule has 3 saturated carbocycles. The molecule has 6 heteroatoms. The van der Waals surface area contributed by atoms with Crippen LogP contribution in [0, 0.1) is 64.1 Å². The van der Waals surface area contributed by atoms with E-state index in [4.69, 9.17) is 9.47 Å². The van der Waals surface area contributed by atoms with Crippen LogP contribution in [0.15, 0.2) is 48.1 Å². The molecule has 0 aliphatic heterocycles. The summed E-state index contributed by atoms with van der Waals surface area (Å²) < 4.78 is 10.8. The van der Waals surface area contributed by atoms with Gasteiger partial charge in [-0.15, -0.1) is 0 Å². The zero-order chi connectivity index (χ0) is 34.5. The van der Waals surface area contributed by atoms with Crippen LogP contribution in [0.4, 0.5) is 0 Å². The van der Waals surface area contributed by atoms with Crippen molar-refractivity contribution in [1.29, 1.82) is 0 Å². The highest BCUT2D eigenvalue weighted by atomic mass is 16.5. The van der Waals surface area contributed by atoms with Crippen LogP contribution in [-0.2, 0) is 19.1 Å². The van der Waals surface area contributed by atoms with Crippen molar-refractivity contribution in [3.63, 3.8) is 0 Å². The topological polar surface area (TPSA) is 93.1 Å². The molecule has 0 bridgehead atoms. The van der Waals surface area contributed by atoms with Crippen molar-refractivity contribution in [3.05, 3.63) is 48.1 Å². The van der Waals surface area contributed by atoms with Crippen LogP contribution in [0.3, 0.4) is 0 Å². The van der Waals surface area contributed by atoms with Crippen molar-refractivity contribution >= 4 is 11.9 Å². The van der Waals surface area contributed by atoms with Gasteiger partial charge in [-0.25, -0.2) is 9.59 Å². The quantitative estimate of drug-likeness (QED) is 0.105. The number of fused-ring (bicyclic) bond motifs is 5. The second-order valence-electron chi connectivity index (χ2n) is 16.6. The number of carbonyl (C=O) groups excluding carboxylic acids is 2. The molecule has 0 heterocycles. The summed E-state index contributed by atoms with van der Waals surface area (Å²) in [4.78, 5) is 24.3. The third-order valence-electron chi connectivity index (χ3n) is 13.5. The molecular formula is C41H64O6. The minimum atomic E-state index is -0.636. The fraction of sp³-hybridized carbons (Fsp3) is 0.756. The third kappa shape index (κ3) is 8.35. The molecule has 264 valence electrons. The van der Waals surface area contributed by atoms with Crippen molar-refractivity contribution in [1.82, 2.24) is 0 Å². The Hall–Kier alpha value is -2.18. The lowest BCUT2D eigenvalue weighted by atomic mass is 9.46. The summed E-state index contributed by atoms with van der Waals surface area (Å²) in [5.41, 5.74) is 2.40. The number of esters is 2. The van der Waals surface area contributed by atoms with Crippen LogP contribution in [0.2, 0.25) is 0 Å². The van der Waals surface area contributed by atoms with Gasteiger partial charge in [0.15, 0.2) is 0 Å². The maximum Gasteiger partial charge on any atom is 0.335 e. The number of aliphatic hydroxyl groups excluding tert-OH is 2. The van der Waals surface area contributed by atoms with Crippen LogP contribution in [-0.4, -0.2) is 48.6 Å². The second kappa shape index (κ2) is 16.0. The summed E-state index contributed by atoms with van der Waals surface area (Å²) in [6.07, 6.45) is 19.6. The lowest BCUT2D eigenvalue weighted by molar-refractivity contribution is -0.144. The highest BCUT2D eigenvalue weighted by Gasteiger charge is 2.59. The van der Waals surface area contributed by atoms with Crippen molar-refractivity contribution in [2.45, 2.75) is 106 Å². The molecule has 4 aliphatic carbocycles. The lowest BCUT2D eigenvalue weighted by Crippen LogP contribution is -2.50. The van der Waals surface area contributed by atoms with E-state index in [0.717, 1.165) is 42.9 Å². The van der Waals surface area contributed by atoms with E-state index in [9.17, 15) is 19.8 Å². The Labute approximate surface area is 285 Å². The fourth-order valence-corrected chi connectivity index (χ4v) is 10.0. The molecule has 6 nitrogen and oxygen atoms in total. The molecule has 4 rings (SSSR count). The van der Waals surface area contributed by atoms with E-state index >= 15 is 0 Å². The fourth-order valence-electron chi connectivity index (χ4n) is 10.0. The zero-order valence-corrected chi connectivity index (χ0v) is 30.3. The second-order valence-corrected chi connectivity index (χ2v) is 16.6. The number of rotatable bonds is 15. The number of aliphatic hydroxyl groups is 2. The van der Waals surface area contributed by atoms with Gasteiger partial charge in [-0.05, 0) is 122 Å². The van der Waals surface area contributed by atoms with Crippen LogP contribution in [0.1, 0.15) is 106 Å². The molecular weight excluding hydrogens is 588 g/mol. The van der Waals surface area contributed by atoms with E-state index in [1.165, 1.54) is 44.9 Å². The standard InChI is InChI=1S/C41H64O6/c1-26(2)27(3)9-10-28(4)35-15-16-36-34-14-13-33-21-31(17-19-40(33,7)37(34)18-20-41(35,36)8)11-12-32(24-46-38(44)29(5)22-42)25-47-39(45)30(6)23-43/h9-10,13,26-28,31-32,34-37,42-43H,5-6,11-12,14-25H2,1-4,7-8H3/b10-9+/t27-,28+,31-,34-,35?,36-,37-,40-,41+/m0/s1. The van der Waals surface area contributed by atoms with E-state index in [-0.39, 0.29) is 35.7 Å². The smallest absolute Gasteiger partial charge is 0.335 e. The Morgan fingerprint density at radius 2 is 1.55 bits per heavy atom. The third-order valence-corrected chi connectivity index (χ3v) is 13.5. The number of allylic oxidation sites excluding steroid dienone is 4. The summed E-state index contributed by atoms with van der Waals surface area (Å²) in [5.74, 6) is 4.23. The Balaban J connectivity index is 1.38. The Morgan fingerprint density at radius 1 is 0.915 bits per heavy atom. The van der Waals surface area contributed by atoms with E-state index in [0.29, 0.717) is 29.1 Å². The summed E-state index contributed by atoms with van der Waals surface area (Å²) >= 11 is 0. The Kier molecular flexibility index (Phi) is 12.8. The van der Waals surface area contributed by atoms with Crippen molar-refractivity contribution in [3.8, 4) is 0 Å². The first kappa shape index (κ1) is 37.6. The monoisotopic (exact) mass is 652 g/mol. The molecule has 1 unspecified atom stereocenters. The summed E-state index contributed by atoms with van der Waals surface area (Å²) in [7, 11) is 0. The summed E-state index contributed by atoms with van der Waals surface area (Å²) in [6.45, 7) is 21.0. The van der Waals surface area contributed by atoms with Crippen LogP contribution in [0.5, 0.6) is 0 Å². The van der Waals surface area contributed by atoms with Gasteiger partial charge in [0, 0.05) is 5.92 Å². The molecule has 2 N–H and O–H groups in total. The van der Waals surface area contributed by atoms with Crippen molar-refractivity contribution < 1.29 is 29.3 Å². The first-order chi connectivity index (χ1) is 22.2. The molecule has 47 heavy (non-hydrogen) atoms. The van der Waals surface area contributed by atoms with Gasteiger partial charge in [0.2, 0.25) is 0 Å². The zero-order valence-electron chi connectivity index (χ0n) is 30.3. The molecule has 0 aromatic carbocycles. The predicted molar refractivity (Wildman–Crippen MR) is 188 cm³/mol. The predicted octanol–water partition coefficient (Wildman–Crippen LogP) is 8.25. The molecule has 0 aromatic rings. The number of hydrogen-bond acceptors (Lipinski definition) is 6. The van der Waals surface area contributed by atoms with Gasteiger partial charge in [0.05, 0.1) is 37.6 Å². The normalized spacial score (nSPS) is 33.1. The van der Waals surface area contributed by atoms with E-state index in [2.05, 4.69) is 72.9 Å². The van der Waals surface area contributed by atoms with Gasteiger partial charge in [-0.2, -0.15) is 0 Å². The molecule has 0 aromatic heterocycles. The first-order valence-electron chi connectivity index (χ1n) is 18.5. The Morgan fingerprint density at radius 3 is 2.15 bits per heavy atom. The Bertz CT molecular complexity index is 1170. The molecule has 0 saturated heterocycles. The van der Waals surface area contributed by atoms with Gasteiger partial charge in [0.25, 0.3) is 0 Å². The molecule has 0 amide bonds. The minimum absolute atomic E-state index is 0.00211. The average molecular weight is 653 g/mol. The van der Waals surface area contributed by atoms with Gasteiger partial charge in [-0.1, -0.05) is 78.5 Å². The highest BCUT2D eigenvalue weighted by molar-refractivity contribution is 5.88. The molecule has 0 spiro atoms. The average Bonchev–Trinajstić information content (AvgIpc) is 3.42. The number of ether oxygens (including phenoxy) is 2. The van der Waals surface area contributed by atoms with Crippen LogP contribution >= 0.6 is 0 Å². The van der Waals surface area contributed by atoms with Gasteiger partial charge in [-0.3, -0.25) is 0 Å². The summed E-state index contributed by atoms with van der Waals surface area (Å²) in [5, 5.41) is 18.5. The molecule has 0 radical (unpaired) electrons. The minimum Gasteiger partial charge on any atom is -0.462 e. The van der Waals surface area contributed by atoms with Gasteiger partial charge < -0.3 is 19.7 Å². The first-order valence-corrected chi connectivity index (χ1v) is 18.5. The van der Waals surface area contributed by atoms with E-state index < -0.39 is 25.2 Å². The number of carbonyl (C=O) groups is 2.